The van der Waals surface area contributed by atoms with Crippen LogP contribution in [0.25, 0.3) is 0 Å². The van der Waals surface area contributed by atoms with Gasteiger partial charge in [-0.3, -0.25) is 4.79 Å². The molecule has 3 aliphatic rings. The summed E-state index contributed by atoms with van der Waals surface area (Å²) in [5, 5.41) is 14.0. The molecule has 2 aromatic rings. The number of allylic oxidation sites excluding steroid dienone is 4. The number of hydrogen-bond donors (Lipinski definition) is 1. The Morgan fingerprint density at radius 3 is 2.58 bits per heavy atom. The molecule has 0 radical (unpaired) electrons. The van der Waals surface area contributed by atoms with Crippen molar-refractivity contribution in [2.45, 2.75) is 31.6 Å². The van der Waals surface area contributed by atoms with Gasteiger partial charge in [0, 0.05) is 32.9 Å². The first kappa shape index (κ1) is 20.2. The Kier molecular flexibility index (Phi) is 5.04. The molecule has 156 valence electrons. The second-order valence-corrected chi connectivity index (χ2v) is 9.20. The summed E-state index contributed by atoms with van der Waals surface area (Å²) in [7, 11) is 0. The number of carbonyl (C=O) groups is 1. The molecule has 31 heavy (non-hydrogen) atoms. The average Bonchev–Trinajstić information content (AvgIpc) is 3.19. The van der Waals surface area contributed by atoms with Gasteiger partial charge in [-0.15, -0.1) is 0 Å². The highest BCUT2D eigenvalue weighted by Gasteiger charge is 2.40. The number of fused-ring (bicyclic) bond motifs is 1. The van der Waals surface area contributed by atoms with Crippen LogP contribution in [0.5, 0.6) is 11.5 Å². The predicted octanol–water partition coefficient (Wildman–Crippen LogP) is 5.72. The van der Waals surface area contributed by atoms with Gasteiger partial charge in [-0.1, -0.05) is 39.7 Å². The lowest BCUT2D eigenvalue weighted by Gasteiger charge is -2.36. The first-order chi connectivity index (χ1) is 15.0. The van der Waals surface area contributed by atoms with E-state index in [1.807, 2.05) is 43.3 Å². The zero-order valence-corrected chi connectivity index (χ0v) is 19.0. The van der Waals surface area contributed by atoms with Crippen molar-refractivity contribution in [3.05, 3.63) is 79.6 Å². The van der Waals surface area contributed by atoms with E-state index in [4.69, 9.17) is 21.1 Å². The highest BCUT2D eigenvalue weighted by Crippen LogP contribution is 2.49. The Balaban J connectivity index is 1.60. The third-order valence-electron chi connectivity index (χ3n) is 6.09. The molecule has 2 unspecified atom stereocenters. The Morgan fingerprint density at radius 1 is 1.16 bits per heavy atom. The third-order valence-corrected chi connectivity index (χ3v) is 7.03. The van der Waals surface area contributed by atoms with Crippen molar-refractivity contribution in [1.82, 2.24) is 5.32 Å². The molecular formula is C24H18BrClN2O3. The number of carbonyl (C=O) groups excluding carboxylic acids is 1. The van der Waals surface area contributed by atoms with Gasteiger partial charge in [0.2, 0.25) is 6.79 Å². The summed E-state index contributed by atoms with van der Waals surface area (Å²) < 4.78 is 11.8. The minimum absolute atomic E-state index is 0.0449. The SMILES string of the molecule is CC1=C(C#N)C(c2cc3c(cc2Br)OCO3)C2=C(CC(c3ccc(Cl)cc3)CC2=O)N1. The van der Waals surface area contributed by atoms with E-state index in [9.17, 15) is 10.1 Å². The maximum atomic E-state index is 13.4. The number of rotatable bonds is 2. The molecule has 0 amide bonds. The minimum Gasteiger partial charge on any atom is -0.454 e. The van der Waals surface area contributed by atoms with Gasteiger partial charge in [-0.2, -0.15) is 5.26 Å². The fourth-order valence-electron chi connectivity index (χ4n) is 4.62. The van der Waals surface area contributed by atoms with Crippen LogP contribution in [0.15, 0.2) is 63.4 Å². The molecule has 2 aromatic carbocycles. The number of nitrogens with zero attached hydrogens (tertiary/aromatic N) is 1. The van der Waals surface area contributed by atoms with Crippen LogP contribution in [0.3, 0.4) is 0 Å². The van der Waals surface area contributed by atoms with Crippen molar-refractivity contribution in [3.63, 3.8) is 0 Å². The molecule has 7 heteroatoms. The van der Waals surface area contributed by atoms with E-state index in [2.05, 4.69) is 27.3 Å². The number of ether oxygens (including phenoxy) is 2. The molecule has 5 rings (SSSR count). The van der Waals surface area contributed by atoms with E-state index in [0.29, 0.717) is 40.5 Å². The third kappa shape index (κ3) is 3.42. The van der Waals surface area contributed by atoms with Crippen molar-refractivity contribution >= 4 is 33.3 Å². The van der Waals surface area contributed by atoms with Crippen LogP contribution < -0.4 is 14.8 Å². The number of ketones is 1. The van der Waals surface area contributed by atoms with Gasteiger partial charge >= 0.3 is 0 Å². The first-order valence-electron chi connectivity index (χ1n) is 9.95. The Morgan fingerprint density at radius 2 is 1.87 bits per heavy atom. The van der Waals surface area contributed by atoms with Crippen LogP contribution in [-0.4, -0.2) is 12.6 Å². The van der Waals surface area contributed by atoms with Gasteiger partial charge in [-0.25, -0.2) is 0 Å². The molecule has 0 spiro atoms. The summed E-state index contributed by atoms with van der Waals surface area (Å²) in [4.78, 5) is 13.4. The molecular weight excluding hydrogens is 480 g/mol. The van der Waals surface area contributed by atoms with Crippen molar-refractivity contribution in [1.29, 1.82) is 5.26 Å². The van der Waals surface area contributed by atoms with Crippen LogP contribution in [-0.2, 0) is 4.79 Å². The number of Topliss-reactive ketones (excluding diaryl/α,β-unsaturated/α-hetero) is 1. The molecule has 2 atom stereocenters. The second-order valence-electron chi connectivity index (χ2n) is 7.91. The average molecular weight is 498 g/mol. The van der Waals surface area contributed by atoms with Crippen LogP contribution in [0.2, 0.25) is 5.02 Å². The quantitative estimate of drug-likeness (QED) is 0.575. The second kappa shape index (κ2) is 7.74. The number of nitrogens with one attached hydrogen (secondary N) is 1. The molecule has 0 bridgehead atoms. The van der Waals surface area contributed by atoms with E-state index in [0.717, 1.165) is 27.0 Å². The van der Waals surface area contributed by atoms with Crippen molar-refractivity contribution in [3.8, 4) is 17.6 Å². The minimum atomic E-state index is -0.455. The molecule has 0 fully saturated rings. The molecule has 0 saturated heterocycles. The topological polar surface area (TPSA) is 71.3 Å². The summed E-state index contributed by atoms with van der Waals surface area (Å²) in [6, 6.07) is 13.7. The van der Waals surface area contributed by atoms with Crippen LogP contribution >= 0.6 is 27.5 Å². The van der Waals surface area contributed by atoms with Crippen molar-refractivity contribution < 1.29 is 14.3 Å². The number of hydrogen-bond acceptors (Lipinski definition) is 5. The highest BCUT2D eigenvalue weighted by atomic mass is 79.9. The number of halogens is 2. The molecule has 0 aromatic heterocycles. The maximum absolute atomic E-state index is 13.4. The lowest BCUT2D eigenvalue weighted by molar-refractivity contribution is -0.116. The van der Waals surface area contributed by atoms with Crippen LogP contribution in [0, 0.1) is 11.3 Å². The monoisotopic (exact) mass is 496 g/mol. The summed E-state index contributed by atoms with van der Waals surface area (Å²) in [6.45, 7) is 2.04. The summed E-state index contributed by atoms with van der Waals surface area (Å²) >= 11 is 9.65. The standard InChI is InChI=1S/C24H18BrClN2O3/c1-12-17(10-27)23(16-8-21-22(9-18(16)25)31-11-30-21)24-19(28-12)6-14(7-20(24)29)13-2-4-15(26)5-3-13/h2-5,8-9,14,23,28H,6-7,11H2,1H3. The van der Waals surface area contributed by atoms with Crippen LogP contribution in [0.4, 0.5) is 0 Å². The van der Waals surface area contributed by atoms with Crippen LogP contribution in [0.1, 0.15) is 42.7 Å². The van der Waals surface area contributed by atoms with Gasteiger partial charge in [0.05, 0.1) is 17.6 Å². The van der Waals surface area contributed by atoms with Crippen molar-refractivity contribution in [2.24, 2.45) is 0 Å². The fraction of sp³-hybridized carbons (Fsp3) is 0.250. The number of benzene rings is 2. The molecule has 5 nitrogen and oxygen atoms in total. The van der Waals surface area contributed by atoms with E-state index >= 15 is 0 Å². The smallest absolute Gasteiger partial charge is 0.231 e. The van der Waals surface area contributed by atoms with Gasteiger partial charge < -0.3 is 14.8 Å². The fourth-order valence-corrected chi connectivity index (χ4v) is 5.30. The molecule has 1 aliphatic carbocycles. The van der Waals surface area contributed by atoms with Gasteiger partial charge in [-0.05, 0) is 54.7 Å². The van der Waals surface area contributed by atoms with Gasteiger partial charge in [0.15, 0.2) is 17.3 Å². The van der Waals surface area contributed by atoms with Crippen molar-refractivity contribution in [2.75, 3.05) is 6.79 Å². The molecule has 2 aliphatic heterocycles. The zero-order chi connectivity index (χ0) is 21.7. The molecule has 0 saturated carbocycles. The lowest BCUT2D eigenvalue weighted by Crippen LogP contribution is -2.33. The largest absolute Gasteiger partial charge is 0.454 e. The first-order valence-corrected chi connectivity index (χ1v) is 11.1. The van der Waals surface area contributed by atoms with E-state index in [1.165, 1.54) is 0 Å². The van der Waals surface area contributed by atoms with Gasteiger partial charge in [0.25, 0.3) is 0 Å². The molecule has 1 N–H and O–H groups in total. The normalized spacial score (nSPS) is 22.2. The highest BCUT2D eigenvalue weighted by molar-refractivity contribution is 9.10. The van der Waals surface area contributed by atoms with E-state index < -0.39 is 5.92 Å². The Hall–Kier alpha value is -2.75. The number of dihydropyridines is 1. The summed E-state index contributed by atoms with van der Waals surface area (Å²) in [6.07, 6.45) is 1.08. The lowest BCUT2D eigenvalue weighted by atomic mass is 9.72. The van der Waals surface area contributed by atoms with E-state index in [-0.39, 0.29) is 18.5 Å². The maximum Gasteiger partial charge on any atom is 0.231 e. The summed E-state index contributed by atoms with van der Waals surface area (Å²) in [5.41, 5.74) is 4.75. The zero-order valence-electron chi connectivity index (χ0n) is 16.7. The Bertz CT molecular complexity index is 1210. The number of nitriles is 1. The summed E-state index contributed by atoms with van der Waals surface area (Å²) in [5.74, 6) is 0.924. The van der Waals surface area contributed by atoms with E-state index in [1.54, 1.807) is 0 Å². The predicted molar refractivity (Wildman–Crippen MR) is 120 cm³/mol. The molecule has 2 heterocycles. The Labute approximate surface area is 193 Å². The van der Waals surface area contributed by atoms with Gasteiger partial charge in [0.1, 0.15) is 0 Å².